The molecule has 0 saturated carbocycles. The third kappa shape index (κ3) is 3.51. The maximum atomic E-state index is 12.8. The van der Waals surface area contributed by atoms with Crippen molar-refractivity contribution < 1.29 is 19.2 Å². The van der Waals surface area contributed by atoms with Crippen LogP contribution in [0.3, 0.4) is 0 Å². The minimum absolute atomic E-state index is 0.110. The smallest absolute Gasteiger partial charge is 0.270 e. The molecule has 0 saturated heterocycles. The maximum absolute atomic E-state index is 12.8. The summed E-state index contributed by atoms with van der Waals surface area (Å²) >= 11 is 6.07. The lowest BCUT2D eigenvalue weighted by molar-refractivity contribution is -0.384. The molecule has 1 heterocycles. The average Bonchev–Trinajstić information content (AvgIpc) is 3.07. The van der Waals surface area contributed by atoms with Crippen molar-refractivity contribution in [1.82, 2.24) is 4.90 Å². The van der Waals surface area contributed by atoms with Crippen LogP contribution in [0.1, 0.15) is 22.8 Å². The molecule has 2 aromatic rings. The highest BCUT2D eigenvalue weighted by atomic mass is 35.5. The summed E-state index contributed by atoms with van der Waals surface area (Å²) in [6.45, 7) is 2.76. The summed E-state index contributed by atoms with van der Waals surface area (Å²) in [6, 6.07) is 9.28. The number of carbonyl (C=O) groups is 1. The van der Waals surface area contributed by atoms with E-state index in [9.17, 15) is 14.9 Å². The first-order chi connectivity index (χ1) is 12.0. The van der Waals surface area contributed by atoms with Crippen molar-refractivity contribution in [3.8, 4) is 11.5 Å². The van der Waals surface area contributed by atoms with Crippen molar-refractivity contribution in [3.05, 3.63) is 62.7 Å². The Hall–Kier alpha value is -2.80. The van der Waals surface area contributed by atoms with Crippen molar-refractivity contribution in [3.63, 3.8) is 0 Å². The molecule has 0 unspecified atom stereocenters. The number of carbonyl (C=O) groups excluding carboxylic acids is 1. The molecule has 0 bridgehead atoms. The van der Waals surface area contributed by atoms with Gasteiger partial charge in [0.05, 0.1) is 15.5 Å². The van der Waals surface area contributed by atoms with Gasteiger partial charge in [0.1, 0.15) is 0 Å². The van der Waals surface area contributed by atoms with Crippen LogP contribution in [0.2, 0.25) is 5.02 Å². The van der Waals surface area contributed by atoms with Crippen LogP contribution in [-0.4, -0.2) is 29.1 Å². The number of hydrogen-bond acceptors (Lipinski definition) is 5. The van der Waals surface area contributed by atoms with E-state index in [1.165, 1.54) is 18.2 Å². The molecule has 1 amide bonds. The lowest BCUT2D eigenvalue weighted by atomic mass is 10.1. The standard InChI is InChI=1S/C17H15ClN2O5/c1-2-19(9-11-3-6-15-16(7-11)25-10-24-15)17(21)13-8-12(20(22)23)4-5-14(13)18/h3-8H,2,9-10H2,1H3. The first kappa shape index (κ1) is 17.0. The first-order valence-corrected chi connectivity index (χ1v) is 7.99. The number of amides is 1. The van der Waals surface area contributed by atoms with Gasteiger partial charge in [-0.3, -0.25) is 14.9 Å². The highest BCUT2D eigenvalue weighted by Crippen LogP contribution is 2.33. The third-order valence-corrected chi connectivity index (χ3v) is 4.20. The molecule has 0 radical (unpaired) electrons. The van der Waals surface area contributed by atoms with Crippen molar-refractivity contribution in [2.45, 2.75) is 13.5 Å². The third-order valence-electron chi connectivity index (χ3n) is 3.87. The van der Waals surface area contributed by atoms with Crippen molar-refractivity contribution in [1.29, 1.82) is 0 Å². The molecule has 25 heavy (non-hydrogen) atoms. The average molecular weight is 363 g/mol. The summed E-state index contributed by atoms with van der Waals surface area (Å²) in [6.07, 6.45) is 0. The number of benzene rings is 2. The predicted molar refractivity (Wildman–Crippen MR) is 91.1 cm³/mol. The Morgan fingerprint density at radius 1 is 1.24 bits per heavy atom. The van der Waals surface area contributed by atoms with Gasteiger partial charge in [0.2, 0.25) is 6.79 Å². The maximum Gasteiger partial charge on any atom is 0.270 e. The molecule has 1 aliphatic heterocycles. The van der Waals surface area contributed by atoms with Gasteiger partial charge in [-0.15, -0.1) is 0 Å². The van der Waals surface area contributed by atoms with Crippen LogP contribution in [0.5, 0.6) is 11.5 Å². The van der Waals surface area contributed by atoms with Crippen LogP contribution < -0.4 is 9.47 Å². The number of rotatable bonds is 5. The molecule has 0 atom stereocenters. The summed E-state index contributed by atoms with van der Waals surface area (Å²) in [5.74, 6) is 0.933. The zero-order valence-corrected chi connectivity index (χ0v) is 14.2. The van der Waals surface area contributed by atoms with E-state index < -0.39 is 4.92 Å². The fraction of sp³-hybridized carbons (Fsp3) is 0.235. The fourth-order valence-electron chi connectivity index (χ4n) is 2.55. The summed E-state index contributed by atoms with van der Waals surface area (Å²) in [7, 11) is 0. The molecular weight excluding hydrogens is 348 g/mol. The Balaban J connectivity index is 1.84. The van der Waals surface area contributed by atoms with E-state index in [1.807, 2.05) is 19.1 Å². The zero-order chi connectivity index (χ0) is 18.0. The lowest BCUT2D eigenvalue weighted by Gasteiger charge is -2.21. The van der Waals surface area contributed by atoms with Crippen LogP contribution in [-0.2, 0) is 6.54 Å². The highest BCUT2D eigenvalue weighted by molar-refractivity contribution is 6.33. The van der Waals surface area contributed by atoms with Crippen molar-refractivity contribution in [2.75, 3.05) is 13.3 Å². The van der Waals surface area contributed by atoms with Crippen LogP contribution in [0.4, 0.5) is 5.69 Å². The molecule has 1 aliphatic rings. The van der Waals surface area contributed by atoms with Crippen molar-refractivity contribution >= 4 is 23.2 Å². The van der Waals surface area contributed by atoms with Crippen LogP contribution in [0.25, 0.3) is 0 Å². The monoisotopic (exact) mass is 362 g/mol. The van der Waals surface area contributed by atoms with E-state index in [1.54, 1.807) is 11.0 Å². The Kier molecular flexibility index (Phi) is 4.76. The molecule has 130 valence electrons. The Morgan fingerprint density at radius 3 is 2.72 bits per heavy atom. The Bertz CT molecular complexity index is 840. The SMILES string of the molecule is CCN(Cc1ccc2c(c1)OCO2)C(=O)c1cc([N+](=O)[O-])ccc1Cl. The fourth-order valence-corrected chi connectivity index (χ4v) is 2.75. The molecule has 0 aromatic heterocycles. The molecule has 7 nitrogen and oxygen atoms in total. The number of halogens is 1. The summed E-state index contributed by atoms with van der Waals surface area (Å²) in [4.78, 5) is 24.7. The molecule has 0 fully saturated rings. The van der Waals surface area contributed by atoms with E-state index in [0.717, 1.165) is 5.56 Å². The Morgan fingerprint density at radius 2 is 2.00 bits per heavy atom. The van der Waals surface area contributed by atoms with Gasteiger partial charge < -0.3 is 14.4 Å². The van der Waals surface area contributed by atoms with Gasteiger partial charge in [-0.1, -0.05) is 17.7 Å². The highest BCUT2D eigenvalue weighted by Gasteiger charge is 2.21. The molecule has 8 heteroatoms. The summed E-state index contributed by atoms with van der Waals surface area (Å²) < 4.78 is 10.6. The topological polar surface area (TPSA) is 81.9 Å². The van der Waals surface area contributed by atoms with E-state index >= 15 is 0 Å². The van der Waals surface area contributed by atoms with E-state index in [4.69, 9.17) is 21.1 Å². The second-order valence-corrected chi connectivity index (χ2v) is 5.84. The number of nitro groups is 1. The molecule has 0 spiro atoms. The van der Waals surface area contributed by atoms with Crippen molar-refractivity contribution in [2.24, 2.45) is 0 Å². The number of ether oxygens (including phenoxy) is 2. The molecule has 3 rings (SSSR count). The number of non-ortho nitro benzene ring substituents is 1. The number of nitrogens with zero attached hydrogens (tertiary/aromatic N) is 2. The normalized spacial score (nSPS) is 12.1. The molecular formula is C17H15ClN2O5. The largest absolute Gasteiger partial charge is 0.454 e. The number of hydrogen-bond donors (Lipinski definition) is 0. The van der Waals surface area contributed by atoms with Crippen LogP contribution in [0, 0.1) is 10.1 Å². The minimum Gasteiger partial charge on any atom is -0.454 e. The minimum atomic E-state index is -0.554. The molecule has 0 aliphatic carbocycles. The Labute approximate surface area is 148 Å². The van der Waals surface area contributed by atoms with Gasteiger partial charge in [-0.05, 0) is 30.7 Å². The van der Waals surface area contributed by atoms with E-state index in [0.29, 0.717) is 24.6 Å². The van der Waals surface area contributed by atoms with Crippen LogP contribution >= 0.6 is 11.6 Å². The van der Waals surface area contributed by atoms with Gasteiger partial charge in [0, 0.05) is 25.2 Å². The predicted octanol–water partition coefficient (Wildman–Crippen LogP) is 3.64. The van der Waals surface area contributed by atoms with E-state index in [-0.39, 0.29) is 29.0 Å². The molecule has 0 N–H and O–H groups in total. The second-order valence-electron chi connectivity index (χ2n) is 5.43. The van der Waals surface area contributed by atoms with E-state index in [2.05, 4.69) is 0 Å². The van der Waals surface area contributed by atoms with Crippen LogP contribution in [0.15, 0.2) is 36.4 Å². The lowest BCUT2D eigenvalue weighted by Crippen LogP contribution is -2.30. The zero-order valence-electron chi connectivity index (χ0n) is 13.4. The number of nitro benzene ring substituents is 1. The summed E-state index contributed by atoms with van der Waals surface area (Å²) in [5.41, 5.74) is 0.798. The van der Waals surface area contributed by atoms with Gasteiger partial charge in [0.25, 0.3) is 11.6 Å². The van der Waals surface area contributed by atoms with Gasteiger partial charge in [-0.25, -0.2) is 0 Å². The van der Waals surface area contributed by atoms with Gasteiger partial charge in [0.15, 0.2) is 11.5 Å². The second kappa shape index (κ2) is 6.98. The van der Waals surface area contributed by atoms with Gasteiger partial charge >= 0.3 is 0 Å². The van der Waals surface area contributed by atoms with Gasteiger partial charge in [-0.2, -0.15) is 0 Å². The first-order valence-electron chi connectivity index (χ1n) is 7.61. The summed E-state index contributed by atoms with van der Waals surface area (Å²) in [5, 5.41) is 11.1. The quantitative estimate of drug-likeness (QED) is 0.599. The molecule has 2 aromatic carbocycles. The number of fused-ring (bicyclic) bond motifs is 1.